The van der Waals surface area contributed by atoms with E-state index in [0.717, 1.165) is 48.5 Å². The minimum absolute atomic E-state index is 0.108. The number of imidazole rings is 1. The molecule has 3 aromatic heterocycles. The first-order chi connectivity index (χ1) is 16.0. The van der Waals surface area contributed by atoms with Gasteiger partial charge in [0.1, 0.15) is 17.4 Å². The van der Waals surface area contributed by atoms with Crippen LogP contribution in [0.4, 0.5) is 5.95 Å². The Hall–Kier alpha value is -3.59. The van der Waals surface area contributed by atoms with Crippen molar-refractivity contribution in [2.75, 3.05) is 18.0 Å². The molecule has 1 aliphatic heterocycles. The zero-order valence-corrected chi connectivity index (χ0v) is 19.0. The number of fused-ring (bicyclic) bond motifs is 2. The third-order valence-electron chi connectivity index (χ3n) is 6.08. The van der Waals surface area contributed by atoms with E-state index in [2.05, 4.69) is 39.9 Å². The molecular formula is C24H28N8O. The van der Waals surface area contributed by atoms with Gasteiger partial charge in [-0.3, -0.25) is 4.79 Å². The average molecular weight is 445 g/mol. The van der Waals surface area contributed by atoms with Crippen LogP contribution in [0.1, 0.15) is 32.4 Å². The summed E-state index contributed by atoms with van der Waals surface area (Å²) < 4.78 is 3.46. The van der Waals surface area contributed by atoms with E-state index in [1.165, 1.54) is 16.6 Å². The summed E-state index contributed by atoms with van der Waals surface area (Å²) in [6, 6.07) is 7.88. The molecule has 0 saturated carbocycles. The van der Waals surface area contributed by atoms with Crippen LogP contribution in [0.5, 0.6) is 0 Å². The van der Waals surface area contributed by atoms with Crippen LogP contribution in [0.25, 0.3) is 21.9 Å². The number of para-hydroxylation sites is 1. The Morgan fingerprint density at radius 2 is 2.06 bits per heavy atom. The Morgan fingerprint density at radius 1 is 1.21 bits per heavy atom. The van der Waals surface area contributed by atoms with Gasteiger partial charge >= 0.3 is 0 Å². The molecule has 33 heavy (non-hydrogen) atoms. The van der Waals surface area contributed by atoms with Crippen molar-refractivity contribution >= 4 is 27.9 Å². The summed E-state index contributed by atoms with van der Waals surface area (Å²) in [5, 5.41) is 5.34. The molecule has 0 amide bonds. The van der Waals surface area contributed by atoms with E-state index in [-0.39, 0.29) is 18.1 Å². The number of allylic oxidation sites excluding steroid dienone is 2. The summed E-state index contributed by atoms with van der Waals surface area (Å²) >= 11 is 0. The topological polar surface area (TPSA) is 108 Å². The Kier molecular flexibility index (Phi) is 5.63. The SMILES string of the molecule is CC(C)=CCn1c(N2CCCC(N)C2)nc2cnn(Cc3ncnc4ccccc34)c(=O)c21. The van der Waals surface area contributed by atoms with Crippen LogP contribution >= 0.6 is 0 Å². The maximum absolute atomic E-state index is 13.6. The smallest absolute Gasteiger partial charge is 0.293 e. The second-order valence-electron chi connectivity index (χ2n) is 8.83. The van der Waals surface area contributed by atoms with Gasteiger partial charge in [-0.25, -0.2) is 19.6 Å². The second-order valence-corrected chi connectivity index (χ2v) is 8.83. The van der Waals surface area contributed by atoms with Crippen molar-refractivity contribution in [2.24, 2.45) is 5.73 Å². The van der Waals surface area contributed by atoms with E-state index >= 15 is 0 Å². The summed E-state index contributed by atoms with van der Waals surface area (Å²) in [6.45, 7) is 6.53. The largest absolute Gasteiger partial charge is 0.341 e. The number of anilines is 1. The molecule has 1 saturated heterocycles. The zero-order valence-electron chi connectivity index (χ0n) is 19.0. The van der Waals surface area contributed by atoms with E-state index < -0.39 is 0 Å². The molecule has 0 bridgehead atoms. The van der Waals surface area contributed by atoms with Gasteiger partial charge in [0, 0.05) is 31.1 Å². The molecular weight excluding hydrogens is 416 g/mol. The first-order valence-corrected chi connectivity index (χ1v) is 11.3. The van der Waals surface area contributed by atoms with Crippen LogP contribution in [-0.4, -0.2) is 48.4 Å². The van der Waals surface area contributed by atoms with Crippen molar-refractivity contribution < 1.29 is 0 Å². The van der Waals surface area contributed by atoms with Gasteiger partial charge in [-0.05, 0) is 32.8 Å². The standard InChI is InChI=1S/C24H28N8O/c1-16(2)9-11-31-22-20(29-24(31)30-10-5-6-17(25)13-30)12-28-32(23(22)33)14-21-18-7-3-4-8-19(18)26-15-27-21/h3-4,7-9,12,15,17H,5-6,10-11,13-14,25H2,1-2H3. The van der Waals surface area contributed by atoms with Crippen molar-refractivity contribution in [3.8, 4) is 0 Å². The zero-order chi connectivity index (χ0) is 22.9. The Bertz CT molecular complexity index is 1390. The molecule has 170 valence electrons. The van der Waals surface area contributed by atoms with E-state index in [1.54, 1.807) is 6.20 Å². The van der Waals surface area contributed by atoms with Crippen LogP contribution in [0.15, 0.2) is 53.2 Å². The van der Waals surface area contributed by atoms with Crippen LogP contribution in [-0.2, 0) is 13.1 Å². The van der Waals surface area contributed by atoms with Gasteiger partial charge in [0.25, 0.3) is 5.56 Å². The molecule has 9 nitrogen and oxygen atoms in total. The molecule has 0 spiro atoms. The van der Waals surface area contributed by atoms with Crippen molar-refractivity contribution in [1.82, 2.24) is 29.3 Å². The Morgan fingerprint density at radius 3 is 2.88 bits per heavy atom. The van der Waals surface area contributed by atoms with Crippen molar-refractivity contribution in [1.29, 1.82) is 0 Å². The minimum atomic E-state index is -0.183. The van der Waals surface area contributed by atoms with Crippen molar-refractivity contribution in [3.63, 3.8) is 0 Å². The summed E-state index contributed by atoms with van der Waals surface area (Å²) in [5.74, 6) is 0.779. The summed E-state index contributed by atoms with van der Waals surface area (Å²) in [4.78, 5) is 29.4. The van der Waals surface area contributed by atoms with Gasteiger partial charge in [-0.1, -0.05) is 29.8 Å². The molecule has 1 fully saturated rings. The van der Waals surface area contributed by atoms with Crippen LogP contribution in [0, 0.1) is 0 Å². The van der Waals surface area contributed by atoms with Gasteiger partial charge in [0.15, 0.2) is 0 Å². The number of nitrogens with zero attached hydrogens (tertiary/aromatic N) is 7. The molecule has 1 aliphatic rings. The highest BCUT2D eigenvalue weighted by atomic mass is 16.1. The fourth-order valence-corrected chi connectivity index (χ4v) is 4.39. The number of benzene rings is 1. The summed E-state index contributed by atoms with van der Waals surface area (Å²) in [6.07, 6.45) is 7.32. The second kappa shape index (κ2) is 8.74. The van der Waals surface area contributed by atoms with Crippen LogP contribution < -0.4 is 16.2 Å². The molecule has 2 N–H and O–H groups in total. The predicted molar refractivity (Wildman–Crippen MR) is 129 cm³/mol. The van der Waals surface area contributed by atoms with Gasteiger partial charge < -0.3 is 15.2 Å². The lowest BCUT2D eigenvalue weighted by Gasteiger charge is -2.31. The number of nitrogens with two attached hydrogens (primary N) is 1. The number of hydrogen-bond acceptors (Lipinski definition) is 7. The third kappa shape index (κ3) is 4.11. The van der Waals surface area contributed by atoms with E-state index in [0.29, 0.717) is 17.6 Å². The molecule has 4 aromatic rings. The first-order valence-electron chi connectivity index (χ1n) is 11.3. The Balaban J connectivity index is 1.62. The van der Waals surface area contributed by atoms with Crippen molar-refractivity contribution in [2.45, 2.75) is 45.8 Å². The van der Waals surface area contributed by atoms with Gasteiger partial charge in [-0.15, -0.1) is 0 Å². The fraction of sp³-hybridized carbons (Fsp3) is 0.375. The molecule has 0 radical (unpaired) electrons. The van der Waals surface area contributed by atoms with Crippen LogP contribution in [0.3, 0.4) is 0 Å². The molecule has 1 atom stereocenters. The highest BCUT2D eigenvalue weighted by Crippen LogP contribution is 2.24. The lowest BCUT2D eigenvalue weighted by molar-refractivity contribution is 0.495. The van der Waals surface area contributed by atoms with E-state index in [4.69, 9.17) is 10.7 Å². The fourth-order valence-electron chi connectivity index (χ4n) is 4.39. The van der Waals surface area contributed by atoms with Crippen LogP contribution in [0.2, 0.25) is 0 Å². The monoisotopic (exact) mass is 444 g/mol. The minimum Gasteiger partial charge on any atom is -0.341 e. The summed E-state index contributed by atoms with van der Waals surface area (Å²) in [5.41, 5.74) is 9.98. The predicted octanol–water partition coefficient (Wildman–Crippen LogP) is 2.48. The maximum Gasteiger partial charge on any atom is 0.293 e. The van der Waals surface area contributed by atoms with Gasteiger partial charge in [-0.2, -0.15) is 5.10 Å². The quantitative estimate of drug-likeness (QED) is 0.471. The highest BCUT2D eigenvalue weighted by molar-refractivity contribution is 5.80. The number of hydrogen-bond donors (Lipinski definition) is 1. The third-order valence-corrected chi connectivity index (χ3v) is 6.08. The molecule has 1 unspecified atom stereocenters. The number of aromatic nitrogens is 6. The molecule has 1 aromatic carbocycles. The molecule has 9 heteroatoms. The normalized spacial score (nSPS) is 16.5. The molecule has 4 heterocycles. The van der Waals surface area contributed by atoms with E-state index in [9.17, 15) is 4.79 Å². The highest BCUT2D eigenvalue weighted by Gasteiger charge is 2.24. The number of rotatable bonds is 5. The first kappa shape index (κ1) is 21.3. The molecule has 5 rings (SSSR count). The lowest BCUT2D eigenvalue weighted by Crippen LogP contribution is -2.44. The average Bonchev–Trinajstić information content (AvgIpc) is 3.19. The lowest BCUT2D eigenvalue weighted by atomic mass is 10.1. The Labute approximate surface area is 191 Å². The van der Waals surface area contributed by atoms with Crippen molar-refractivity contribution in [3.05, 3.63) is 64.5 Å². The maximum atomic E-state index is 13.6. The van der Waals surface area contributed by atoms with Gasteiger partial charge in [0.05, 0.1) is 24.0 Å². The number of piperidine rings is 1. The van der Waals surface area contributed by atoms with E-state index in [1.807, 2.05) is 28.8 Å². The van der Waals surface area contributed by atoms with Gasteiger partial charge in [0.2, 0.25) is 5.95 Å². The molecule has 0 aliphatic carbocycles. The summed E-state index contributed by atoms with van der Waals surface area (Å²) in [7, 11) is 0.